The van der Waals surface area contributed by atoms with Crippen molar-refractivity contribution in [1.82, 2.24) is 14.9 Å². The van der Waals surface area contributed by atoms with E-state index in [2.05, 4.69) is 21.8 Å². The highest BCUT2D eigenvalue weighted by atomic mass is 35.5. The summed E-state index contributed by atoms with van der Waals surface area (Å²) in [6.07, 6.45) is 5.98. The van der Waals surface area contributed by atoms with Crippen LogP contribution < -0.4 is 0 Å². The molecule has 1 saturated heterocycles. The molecule has 1 atom stereocenters. The van der Waals surface area contributed by atoms with E-state index in [-0.39, 0.29) is 0 Å². The Bertz CT molecular complexity index is 312. The van der Waals surface area contributed by atoms with Gasteiger partial charge in [0, 0.05) is 13.1 Å². The predicted octanol–water partition coefficient (Wildman–Crippen LogP) is 2.36. The van der Waals surface area contributed by atoms with Crippen LogP contribution in [0.5, 0.6) is 0 Å². The van der Waals surface area contributed by atoms with Crippen molar-refractivity contribution < 1.29 is 0 Å². The highest BCUT2D eigenvalue weighted by Crippen LogP contribution is 2.20. The Morgan fingerprint density at radius 1 is 1.47 bits per heavy atom. The van der Waals surface area contributed by atoms with Gasteiger partial charge in [0.15, 0.2) is 0 Å². The Hall–Kier alpha value is -0.670. The zero-order valence-electron chi connectivity index (χ0n) is 8.99. The second kappa shape index (κ2) is 4.90. The van der Waals surface area contributed by atoms with E-state index < -0.39 is 0 Å². The summed E-state index contributed by atoms with van der Waals surface area (Å²) in [6, 6.07) is 0. The summed E-state index contributed by atoms with van der Waals surface area (Å²) >= 11 is 5.69. The first-order valence-corrected chi connectivity index (χ1v) is 5.84. The van der Waals surface area contributed by atoms with E-state index in [1.165, 1.54) is 25.9 Å². The van der Waals surface area contributed by atoms with Gasteiger partial charge in [0.1, 0.15) is 5.15 Å². The zero-order valence-corrected chi connectivity index (χ0v) is 9.74. The molecule has 0 bridgehead atoms. The summed E-state index contributed by atoms with van der Waals surface area (Å²) in [7, 11) is 0. The van der Waals surface area contributed by atoms with Crippen LogP contribution in [0.15, 0.2) is 12.4 Å². The van der Waals surface area contributed by atoms with Gasteiger partial charge in [0.2, 0.25) is 0 Å². The van der Waals surface area contributed by atoms with Crippen molar-refractivity contribution >= 4 is 11.6 Å². The third-order valence-electron chi connectivity index (χ3n) is 3.01. The van der Waals surface area contributed by atoms with Gasteiger partial charge in [0.25, 0.3) is 0 Å². The molecule has 0 N–H and O–H groups in total. The Balaban J connectivity index is 1.90. The standard InChI is InChI=1S/C11H16ClN3/c1-2-9-3-4-15(7-9)8-10-5-14-11(12)6-13-10/h5-6,9H,2-4,7-8H2,1H3. The lowest BCUT2D eigenvalue weighted by atomic mass is 10.1. The van der Waals surface area contributed by atoms with Gasteiger partial charge in [-0.3, -0.25) is 9.88 Å². The van der Waals surface area contributed by atoms with Crippen LogP contribution in [0, 0.1) is 5.92 Å². The van der Waals surface area contributed by atoms with Crippen molar-refractivity contribution in [1.29, 1.82) is 0 Å². The van der Waals surface area contributed by atoms with E-state index in [1.807, 2.05) is 0 Å². The largest absolute Gasteiger partial charge is 0.297 e. The molecular weight excluding hydrogens is 210 g/mol. The summed E-state index contributed by atoms with van der Waals surface area (Å²) in [4.78, 5) is 10.7. The molecule has 0 radical (unpaired) electrons. The fourth-order valence-corrected chi connectivity index (χ4v) is 2.14. The first-order valence-electron chi connectivity index (χ1n) is 5.46. The molecule has 2 rings (SSSR count). The van der Waals surface area contributed by atoms with E-state index in [0.717, 1.165) is 18.2 Å². The SMILES string of the molecule is CCC1CCN(Cc2cnc(Cl)cn2)C1. The van der Waals surface area contributed by atoms with E-state index in [9.17, 15) is 0 Å². The highest BCUT2D eigenvalue weighted by molar-refractivity contribution is 6.29. The topological polar surface area (TPSA) is 29.0 Å². The van der Waals surface area contributed by atoms with Crippen molar-refractivity contribution in [2.45, 2.75) is 26.3 Å². The van der Waals surface area contributed by atoms with Crippen molar-refractivity contribution in [3.8, 4) is 0 Å². The van der Waals surface area contributed by atoms with Gasteiger partial charge < -0.3 is 0 Å². The third-order valence-corrected chi connectivity index (χ3v) is 3.20. The van der Waals surface area contributed by atoms with Gasteiger partial charge >= 0.3 is 0 Å². The van der Waals surface area contributed by atoms with Gasteiger partial charge in [-0.25, -0.2) is 4.98 Å². The predicted molar refractivity (Wildman–Crippen MR) is 60.7 cm³/mol. The number of likely N-dealkylation sites (tertiary alicyclic amines) is 1. The lowest BCUT2D eigenvalue weighted by molar-refractivity contribution is 0.311. The molecule has 1 aromatic heterocycles. The molecule has 0 spiro atoms. The van der Waals surface area contributed by atoms with Crippen LogP contribution in [0.2, 0.25) is 5.15 Å². The van der Waals surface area contributed by atoms with Gasteiger partial charge in [0.05, 0.1) is 18.1 Å². The average Bonchev–Trinajstić information content (AvgIpc) is 2.69. The summed E-state index contributed by atoms with van der Waals surface area (Å²) in [5.74, 6) is 0.866. The number of nitrogens with zero attached hydrogens (tertiary/aromatic N) is 3. The van der Waals surface area contributed by atoms with Crippen LogP contribution in [0.3, 0.4) is 0 Å². The van der Waals surface area contributed by atoms with Crippen molar-refractivity contribution in [2.75, 3.05) is 13.1 Å². The lowest BCUT2D eigenvalue weighted by Gasteiger charge is -2.14. The Morgan fingerprint density at radius 2 is 2.33 bits per heavy atom. The molecule has 0 aromatic carbocycles. The average molecular weight is 226 g/mol. The normalized spacial score (nSPS) is 22.1. The Kier molecular flexibility index (Phi) is 3.54. The van der Waals surface area contributed by atoms with Crippen LogP contribution in [0.1, 0.15) is 25.5 Å². The Morgan fingerprint density at radius 3 is 2.93 bits per heavy atom. The summed E-state index contributed by atoms with van der Waals surface area (Å²) in [5, 5.41) is 0.464. The van der Waals surface area contributed by atoms with Crippen molar-refractivity contribution in [3.05, 3.63) is 23.2 Å². The molecule has 4 heteroatoms. The minimum Gasteiger partial charge on any atom is -0.297 e. The molecule has 1 aliphatic heterocycles. The van der Waals surface area contributed by atoms with E-state index in [4.69, 9.17) is 11.6 Å². The summed E-state index contributed by atoms with van der Waals surface area (Å²) < 4.78 is 0. The number of rotatable bonds is 3. The fraction of sp³-hybridized carbons (Fsp3) is 0.636. The minimum atomic E-state index is 0.464. The molecule has 3 nitrogen and oxygen atoms in total. The zero-order chi connectivity index (χ0) is 10.7. The van der Waals surface area contributed by atoms with Crippen LogP contribution in [-0.4, -0.2) is 28.0 Å². The number of hydrogen-bond acceptors (Lipinski definition) is 3. The van der Waals surface area contributed by atoms with Crippen LogP contribution in [0.4, 0.5) is 0 Å². The first-order chi connectivity index (χ1) is 7.28. The molecular formula is C11H16ClN3. The number of aromatic nitrogens is 2. The first kappa shape index (κ1) is 10.8. The monoisotopic (exact) mass is 225 g/mol. The molecule has 1 aliphatic rings. The molecule has 1 unspecified atom stereocenters. The number of hydrogen-bond donors (Lipinski definition) is 0. The maximum absolute atomic E-state index is 5.69. The molecule has 2 heterocycles. The highest BCUT2D eigenvalue weighted by Gasteiger charge is 2.20. The molecule has 0 aliphatic carbocycles. The van der Waals surface area contributed by atoms with E-state index >= 15 is 0 Å². The number of halogens is 1. The van der Waals surface area contributed by atoms with Gasteiger partial charge in [-0.2, -0.15) is 0 Å². The summed E-state index contributed by atoms with van der Waals surface area (Å²) in [5.41, 5.74) is 1.01. The lowest BCUT2D eigenvalue weighted by Crippen LogP contribution is -2.20. The molecule has 0 amide bonds. The van der Waals surface area contributed by atoms with Gasteiger partial charge in [-0.05, 0) is 18.9 Å². The van der Waals surface area contributed by atoms with Gasteiger partial charge in [-0.15, -0.1) is 0 Å². The minimum absolute atomic E-state index is 0.464. The molecule has 15 heavy (non-hydrogen) atoms. The van der Waals surface area contributed by atoms with E-state index in [1.54, 1.807) is 12.4 Å². The van der Waals surface area contributed by atoms with Crippen LogP contribution >= 0.6 is 11.6 Å². The van der Waals surface area contributed by atoms with Crippen molar-refractivity contribution in [2.24, 2.45) is 5.92 Å². The third kappa shape index (κ3) is 2.89. The second-order valence-electron chi connectivity index (χ2n) is 4.13. The maximum Gasteiger partial charge on any atom is 0.147 e. The van der Waals surface area contributed by atoms with Crippen molar-refractivity contribution in [3.63, 3.8) is 0 Å². The summed E-state index contributed by atoms with van der Waals surface area (Å²) in [6.45, 7) is 5.54. The quantitative estimate of drug-likeness (QED) is 0.791. The molecule has 82 valence electrons. The molecule has 1 fully saturated rings. The molecule has 0 saturated carbocycles. The van der Waals surface area contributed by atoms with Crippen LogP contribution in [0.25, 0.3) is 0 Å². The molecule has 1 aromatic rings. The second-order valence-corrected chi connectivity index (χ2v) is 4.52. The smallest absolute Gasteiger partial charge is 0.147 e. The van der Waals surface area contributed by atoms with Crippen LogP contribution in [-0.2, 0) is 6.54 Å². The Labute approximate surface area is 95.5 Å². The fourth-order valence-electron chi connectivity index (χ4n) is 2.04. The van der Waals surface area contributed by atoms with E-state index in [0.29, 0.717) is 5.15 Å². The van der Waals surface area contributed by atoms with Gasteiger partial charge in [-0.1, -0.05) is 24.9 Å². The maximum atomic E-state index is 5.69.